The molecule has 5 aliphatic rings. The van der Waals surface area contributed by atoms with Crippen LogP contribution in [0.4, 0.5) is 0 Å². The number of hydrogen-bond acceptors (Lipinski definition) is 0. The van der Waals surface area contributed by atoms with Crippen LogP contribution in [0.3, 0.4) is 0 Å². The topological polar surface area (TPSA) is 0 Å². The summed E-state index contributed by atoms with van der Waals surface area (Å²) in [4.78, 5) is 0. The summed E-state index contributed by atoms with van der Waals surface area (Å²) in [6.45, 7) is 9.76. The molecule has 0 saturated heterocycles. The number of benzene rings is 4. The molecule has 4 heteroatoms. The molecular weight excluding hydrogens is 803 g/mol. The monoisotopic (exact) mass is 860 g/mol. The minimum absolute atomic E-state index is 0. The van der Waals surface area contributed by atoms with Crippen LogP contribution in [0.5, 0.6) is 0 Å². The second-order valence-corrected chi connectivity index (χ2v) is 17.0. The van der Waals surface area contributed by atoms with Crippen LogP contribution in [-0.2, 0) is 28.8 Å². The standard InChI is InChI=1S/C26H27.C23H25.2CH3.2ClH.Si.Zr/c1-17-9-22-3-2-4-24(25(22)10-17)21-5-7-23(8-6-21)26-14-18-11-19(15-26)13-20(12-18)16-26;1-16(2)17-10-12-19(13-11-17)22-9-5-8-20-14-21(15-23(20)22)18-6-3-4-7-18;;;;;;/h2-10,18-20H,11-16H2,1H3;5,8-16,18H,3-4,6-7H2,1-2H3;2*1H3;2*1H;;/q4*-1;;;;. The van der Waals surface area contributed by atoms with Gasteiger partial charge in [0.25, 0.3) is 0 Å². The van der Waals surface area contributed by atoms with Crippen LogP contribution < -0.4 is 0 Å². The molecule has 0 aliphatic heterocycles. The summed E-state index contributed by atoms with van der Waals surface area (Å²) >= 11 is 1.36. The molecule has 0 unspecified atom stereocenters. The van der Waals surface area contributed by atoms with Crippen LogP contribution >= 0.6 is 24.8 Å². The average Bonchev–Trinajstić information content (AvgIpc) is 3.92. The van der Waals surface area contributed by atoms with Gasteiger partial charge >= 0.3 is 30.2 Å². The average molecular weight is 863 g/mol. The molecule has 290 valence electrons. The molecule has 11 rings (SSSR count). The summed E-state index contributed by atoms with van der Waals surface area (Å²) in [6, 6.07) is 41.8. The van der Waals surface area contributed by atoms with E-state index < -0.39 is 0 Å². The van der Waals surface area contributed by atoms with E-state index >= 15 is 0 Å². The number of rotatable bonds is 5. The zero-order chi connectivity index (χ0) is 35.1. The van der Waals surface area contributed by atoms with Gasteiger partial charge in [-0.15, -0.1) is 93.9 Å². The third kappa shape index (κ3) is 9.25. The fraction of sp³-hybridized carbons (Fsp3) is 0.373. The van der Waals surface area contributed by atoms with Crippen molar-refractivity contribution in [1.29, 1.82) is 0 Å². The van der Waals surface area contributed by atoms with Gasteiger partial charge in [-0.1, -0.05) is 105 Å². The molecule has 2 radical (unpaired) electrons. The first kappa shape index (κ1) is 45.5. The van der Waals surface area contributed by atoms with Gasteiger partial charge in [0, 0.05) is 0 Å². The Morgan fingerprint density at radius 1 is 0.636 bits per heavy atom. The van der Waals surface area contributed by atoms with Crippen molar-refractivity contribution < 1.29 is 23.3 Å². The van der Waals surface area contributed by atoms with Crippen LogP contribution in [0.2, 0.25) is 0 Å². The maximum atomic E-state index is 3.06. The molecule has 6 aromatic carbocycles. The molecule has 5 saturated carbocycles. The molecule has 0 heterocycles. The van der Waals surface area contributed by atoms with Crippen molar-refractivity contribution >= 4 is 53.2 Å². The summed E-state index contributed by atoms with van der Waals surface area (Å²) in [5, 5.41) is 5.58. The van der Waals surface area contributed by atoms with Gasteiger partial charge in [-0.25, -0.2) is 0 Å². The Morgan fingerprint density at radius 2 is 1.11 bits per heavy atom. The van der Waals surface area contributed by atoms with E-state index in [1.807, 2.05) is 0 Å². The summed E-state index contributed by atoms with van der Waals surface area (Å²) in [5.74, 6) is 4.43. The van der Waals surface area contributed by atoms with E-state index in [1.54, 1.807) is 11.1 Å². The molecule has 0 amide bonds. The number of hydrogen-bond donors (Lipinski definition) is 0. The van der Waals surface area contributed by atoms with Crippen LogP contribution in [0.1, 0.15) is 112 Å². The van der Waals surface area contributed by atoms with Crippen molar-refractivity contribution in [2.45, 2.75) is 102 Å². The third-order valence-electron chi connectivity index (χ3n) is 13.2. The van der Waals surface area contributed by atoms with Gasteiger partial charge in [-0.2, -0.15) is 12.1 Å². The fourth-order valence-electron chi connectivity index (χ4n) is 11.2. The SMILES string of the molecule is CC(C)c1ccc(-c2cccc3[cH-]c(C4CCCC4)cc23)cc1.Cc1cc2c(-c3ccc(C45CC6CC(CC(C6)C4)C5)cc3)cccc2[cH-]1.Cl.Cl.[CH3-].[CH3-].[Si]=[Zr]. The Hall–Kier alpha value is -2.22. The zero-order valence-corrected chi connectivity index (χ0v) is 38.8. The first-order chi connectivity index (χ1) is 24.9. The summed E-state index contributed by atoms with van der Waals surface area (Å²) in [6.07, 6.45) is 14.5. The predicted molar refractivity (Wildman–Crippen MR) is 243 cm³/mol. The van der Waals surface area contributed by atoms with E-state index in [0.29, 0.717) is 11.3 Å². The van der Waals surface area contributed by atoms with Crippen molar-refractivity contribution in [2.24, 2.45) is 17.8 Å². The fourth-order valence-corrected chi connectivity index (χ4v) is 11.2. The quantitative estimate of drug-likeness (QED) is 0.120. The molecule has 5 fully saturated rings. The van der Waals surface area contributed by atoms with Gasteiger partial charge in [0.1, 0.15) is 0 Å². The van der Waals surface area contributed by atoms with Crippen LogP contribution in [-0.4, -0.2) is 6.88 Å². The molecule has 6 aromatic rings. The zero-order valence-electron chi connectivity index (χ0n) is 33.7. The molecule has 0 nitrogen and oxygen atoms in total. The van der Waals surface area contributed by atoms with Gasteiger partial charge in [-0.05, 0) is 109 Å². The number of aryl methyl sites for hydroxylation is 1. The van der Waals surface area contributed by atoms with Crippen LogP contribution in [0.25, 0.3) is 43.8 Å². The Kier molecular flexibility index (Phi) is 16.1. The first-order valence-electron chi connectivity index (χ1n) is 19.7. The first-order valence-corrected chi connectivity index (χ1v) is 23.9. The molecular formula is C51H60Cl2SiZr-4. The van der Waals surface area contributed by atoms with E-state index in [9.17, 15) is 0 Å². The van der Waals surface area contributed by atoms with Crippen molar-refractivity contribution in [1.82, 2.24) is 0 Å². The molecule has 55 heavy (non-hydrogen) atoms. The molecule has 0 atom stereocenters. The number of fused-ring (bicyclic) bond motifs is 2. The molecule has 0 spiro atoms. The number of halogens is 2. The van der Waals surface area contributed by atoms with Crippen LogP contribution in [0, 0.1) is 39.5 Å². The van der Waals surface area contributed by atoms with Gasteiger partial charge in [0.05, 0.1) is 0 Å². The van der Waals surface area contributed by atoms with Gasteiger partial charge in [-0.3, -0.25) is 0 Å². The Labute approximate surface area is 362 Å². The van der Waals surface area contributed by atoms with Gasteiger partial charge < -0.3 is 14.9 Å². The van der Waals surface area contributed by atoms with Crippen molar-refractivity contribution in [3.8, 4) is 22.3 Å². The van der Waals surface area contributed by atoms with Crippen molar-refractivity contribution in [3.05, 3.63) is 146 Å². The van der Waals surface area contributed by atoms with E-state index in [-0.39, 0.29) is 39.7 Å². The minimum atomic E-state index is 0. The van der Waals surface area contributed by atoms with E-state index in [4.69, 9.17) is 0 Å². The van der Waals surface area contributed by atoms with E-state index in [2.05, 4.69) is 137 Å². The van der Waals surface area contributed by atoms with Gasteiger partial charge in [0.15, 0.2) is 0 Å². The molecule has 0 aromatic heterocycles. The van der Waals surface area contributed by atoms with Crippen molar-refractivity contribution in [3.63, 3.8) is 0 Å². The summed E-state index contributed by atoms with van der Waals surface area (Å²) in [7, 11) is 0. The van der Waals surface area contributed by atoms with Crippen molar-refractivity contribution in [2.75, 3.05) is 0 Å². The van der Waals surface area contributed by atoms with E-state index in [0.717, 1.165) is 23.7 Å². The molecule has 5 aliphatic carbocycles. The summed E-state index contributed by atoms with van der Waals surface area (Å²) in [5.41, 5.74) is 11.9. The summed E-state index contributed by atoms with van der Waals surface area (Å²) < 4.78 is 0. The molecule has 0 N–H and O–H groups in total. The predicted octanol–water partition coefficient (Wildman–Crippen LogP) is 15.4. The van der Waals surface area contributed by atoms with E-state index in [1.165, 1.54) is 142 Å². The maximum absolute atomic E-state index is 3.06. The Morgan fingerprint density at radius 3 is 1.62 bits per heavy atom. The second kappa shape index (κ2) is 19.5. The Bertz CT molecular complexity index is 2080. The normalized spacial score (nSPS) is 22.0. The third-order valence-corrected chi connectivity index (χ3v) is 13.2. The van der Waals surface area contributed by atoms with Gasteiger partial charge in [0.2, 0.25) is 0 Å². The van der Waals surface area contributed by atoms with Crippen LogP contribution in [0.15, 0.2) is 109 Å². The Balaban J connectivity index is 0.000000220. The second-order valence-electron chi connectivity index (χ2n) is 17.0. The molecule has 4 bridgehead atoms.